The predicted molar refractivity (Wildman–Crippen MR) is 146 cm³/mol. The zero-order chi connectivity index (χ0) is 32.1. The summed E-state index contributed by atoms with van der Waals surface area (Å²) in [6.07, 6.45) is -4.16. The van der Waals surface area contributed by atoms with Crippen LogP contribution in [-0.4, -0.2) is 77.6 Å². The molecule has 3 aliphatic rings. The maximum atomic E-state index is 12.9. The molecule has 2 aromatic rings. The Morgan fingerprint density at radius 2 is 1.73 bits per heavy atom. The van der Waals surface area contributed by atoms with Gasteiger partial charge in [0.15, 0.2) is 18.0 Å². The van der Waals surface area contributed by atoms with E-state index in [1.807, 2.05) is 12.1 Å². The van der Waals surface area contributed by atoms with Crippen LogP contribution in [0.2, 0.25) is 5.02 Å². The van der Waals surface area contributed by atoms with Gasteiger partial charge in [-0.05, 0) is 37.5 Å². The molecule has 18 heteroatoms. The monoisotopic (exact) mass is 653 g/mol. The first-order valence-electron chi connectivity index (χ1n) is 13.8. The molecule has 0 amide bonds. The fourth-order valence-electron chi connectivity index (χ4n) is 5.33. The van der Waals surface area contributed by atoms with Crippen molar-refractivity contribution in [3.63, 3.8) is 0 Å². The zero-order valence-corrected chi connectivity index (χ0v) is 24.5. The lowest BCUT2D eigenvalue weighted by Gasteiger charge is -2.18. The number of halogens is 1. The second-order valence-electron chi connectivity index (χ2n) is 10.3. The van der Waals surface area contributed by atoms with Gasteiger partial charge in [0.25, 0.3) is 10.2 Å². The van der Waals surface area contributed by atoms with Gasteiger partial charge in [0, 0.05) is 28.8 Å². The highest BCUT2D eigenvalue weighted by Crippen LogP contribution is 2.41. The van der Waals surface area contributed by atoms with E-state index in [2.05, 4.69) is 14.7 Å². The molecule has 2 saturated heterocycles. The minimum absolute atomic E-state index is 0.0155. The number of aryl methyl sites for hydroxylation is 1. The summed E-state index contributed by atoms with van der Waals surface area (Å²) < 4.78 is 34.0. The Balaban J connectivity index is 1.11. The number of carbonyl (C=O) groups excluding carboxylic acids is 2. The number of hydrogen-bond donors (Lipinski definition) is 0. The van der Waals surface area contributed by atoms with Crippen LogP contribution in [0.25, 0.3) is 0 Å². The van der Waals surface area contributed by atoms with Crippen molar-refractivity contribution in [3.05, 3.63) is 78.1 Å². The van der Waals surface area contributed by atoms with Crippen LogP contribution >= 0.6 is 11.6 Å². The SMILES string of the molecule is Cc1ncc2c(c1OC(=O)O[C@@H]1CO[C@H]3[C@@H]1OC[C@H]3OC(=O)CCCC(CO[N+](=O)[O-])O[N+](=O)[O-])COC2c1ccc(Cl)cc1. The number of ether oxygens (including phenoxy) is 6. The maximum Gasteiger partial charge on any atom is 0.514 e. The molecule has 0 aliphatic carbocycles. The molecule has 2 fully saturated rings. The van der Waals surface area contributed by atoms with Gasteiger partial charge in [-0.25, -0.2) is 4.79 Å². The quantitative estimate of drug-likeness (QED) is 0.173. The van der Waals surface area contributed by atoms with E-state index in [0.29, 0.717) is 16.3 Å². The van der Waals surface area contributed by atoms with Gasteiger partial charge in [-0.3, -0.25) is 9.78 Å². The molecule has 1 aromatic carbocycles. The van der Waals surface area contributed by atoms with Gasteiger partial charge >= 0.3 is 12.1 Å². The van der Waals surface area contributed by atoms with E-state index in [0.717, 1.165) is 11.1 Å². The van der Waals surface area contributed by atoms with E-state index >= 15 is 0 Å². The summed E-state index contributed by atoms with van der Waals surface area (Å²) in [7, 11) is 0. The molecule has 45 heavy (non-hydrogen) atoms. The van der Waals surface area contributed by atoms with Crippen LogP contribution in [0.4, 0.5) is 4.79 Å². The summed E-state index contributed by atoms with van der Waals surface area (Å²) in [6, 6.07) is 7.21. The van der Waals surface area contributed by atoms with Crippen LogP contribution in [0, 0.1) is 27.2 Å². The fraction of sp³-hybridized carbons (Fsp3) is 0.519. The Hall–Kier alpha value is -4.32. The molecule has 0 N–H and O–H groups in total. The van der Waals surface area contributed by atoms with Crippen LogP contribution in [0.1, 0.15) is 47.8 Å². The smallest absolute Gasteiger partial charge is 0.457 e. The molecule has 0 radical (unpaired) electrons. The Labute approximate surface area is 259 Å². The van der Waals surface area contributed by atoms with Crippen LogP contribution in [0.5, 0.6) is 5.75 Å². The van der Waals surface area contributed by atoms with Gasteiger partial charge in [0.05, 0.1) is 25.5 Å². The van der Waals surface area contributed by atoms with Crippen molar-refractivity contribution in [3.8, 4) is 5.75 Å². The molecule has 0 bridgehead atoms. The van der Waals surface area contributed by atoms with Gasteiger partial charge < -0.3 is 38.1 Å². The number of rotatable bonds is 13. The molecule has 6 atom stereocenters. The summed E-state index contributed by atoms with van der Waals surface area (Å²) >= 11 is 6.01. The molecule has 0 saturated carbocycles. The summed E-state index contributed by atoms with van der Waals surface area (Å²) in [6.45, 7) is 1.18. The number of fused-ring (bicyclic) bond motifs is 2. The first kappa shape index (κ1) is 32.1. The van der Waals surface area contributed by atoms with E-state index in [1.165, 1.54) is 0 Å². The number of esters is 1. The highest BCUT2D eigenvalue weighted by atomic mass is 35.5. The van der Waals surface area contributed by atoms with Gasteiger partial charge in [-0.1, -0.05) is 23.7 Å². The standard InChI is InChI=1S/C27H28ClN3O14/c1-14-23(19-11-38-24(18(19)9-29-14)15-5-7-16(28)8-6-15)44-27(33)43-21-13-40-25-20(12-39-26(21)25)42-22(32)4-2-3-17(45-31(36)37)10-41-30(34)35/h5-9,17,20-21,24-26H,2-4,10-13H2,1H3/t17?,20-,21-,24?,25-,26-/m1/s1. The van der Waals surface area contributed by atoms with Crippen molar-refractivity contribution in [1.82, 2.24) is 4.98 Å². The van der Waals surface area contributed by atoms with Gasteiger partial charge in [-0.15, -0.1) is 20.2 Å². The van der Waals surface area contributed by atoms with E-state index in [9.17, 15) is 29.8 Å². The van der Waals surface area contributed by atoms with E-state index in [-0.39, 0.29) is 44.8 Å². The summed E-state index contributed by atoms with van der Waals surface area (Å²) in [5.74, 6) is -0.411. The molecule has 5 rings (SSSR count). The first-order valence-corrected chi connectivity index (χ1v) is 14.2. The molecule has 1 aromatic heterocycles. The zero-order valence-electron chi connectivity index (χ0n) is 23.7. The lowest BCUT2D eigenvalue weighted by Crippen LogP contribution is -2.36. The van der Waals surface area contributed by atoms with Crippen LogP contribution < -0.4 is 4.74 Å². The molecular weight excluding hydrogens is 626 g/mol. The third-order valence-electron chi connectivity index (χ3n) is 7.38. The van der Waals surface area contributed by atoms with E-state index in [1.54, 1.807) is 25.3 Å². The van der Waals surface area contributed by atoms with Crippen LogP contribution in [-0.2, 0) is 44.8 Å². The molecule has 242 valence electrons. The Kier molecular flexibility index (Phi) is 10.1. The van der Waals surface area contributed by atoms with E-state index < -0.39 is 65.5 Å². The summed E-state index contributed by atoms with van der Waals surface area (Å²) in [5.41, 5.74) is 2.77. The van der Waals surface area contributed by atoms with Gasteiger partial charge in [-0.2, -0.15) is 0 Å². The van der Waals surface area contributed by atoms with Crippen molar-refractivity contribution in [2.45, 2.75) is 69.4 Å². The average Bonchev–Trinajstić information content (AvgIpc) is 3.70. The average molecular weight is 654 g/mol. The van der Waals surface area contributed by atoms with Crippen molar-refractivity contribution >= 4 is 23.7 Å². The van der Waals surface area contributed by atoms with Crippen molar-refractivity contribution in [2.24, 2.45) is 0 Å². The van der Waals surface area contributed by atoms with Crippen molar-refractivity contribution < 1.29 is 57.9 Å². The van der Waals surface area contributed by atoms with Gasteiger partial charge in [0.2, 0.25) is 0 Å². The van der Waals surface area contributed by atoms with Crippen molar-refractivity contribution in [1.29, 1.82) is 0 Å². The molecule has 0 spiro atoms. The third-order valence-corrected chi connectivity index (χ3v) is 7.64. The second kappa shape index (κ2) is 14.2. The molecular formula is C27H28ClN3O14. The molecule has 2 unspecified atom stereocenters. The minimum Gasteiger partial charge on any atom is -0.457 e. The Morgan fingerprint density at radius 3 is 2.40 bits per heavy atom. The fourth-order valence-corrected chi connectivity index (χ4v) is 5.45. The highest BCUT2D eigenvalue weighted by molar-refractivity contribution is 6.30. The highest BCUT2D eigenvalue weighted by Gasteiger charge is 2.51. The third kappa shape index (κ3) is 7.86. The molecule has 17 nitrogen and oxygen atoms in total. The molecule has 3 aliphatic heterocycles. The number of benzene rings is 1. The normalized spacial score (nSPS) is 23.8. The second-order valence-corrected chi connectivity index (χ2v) is 10.8. The van der Waals surface area contributed by atoms with Crippen molar-refractivity contribution in [2.75, 3.05) is 19.8 Å². The van der Waals surface area contributed by atoms with Gasteiger partial charge in [0.1, 0.15) is 31.0 Å². The molecule has 4 heterocycles. The number of carbonyl (C=O) groups is 2. The first-order chi connectivity index (χ1) is 21.6. The minimum atomic E-state index is -1.23. The predicted octanol–water partition coefficient (Wildman–Crippen LogP) is 3.21. The number of hydrogen-bond acceptors (Lipinski definition) is 15. The van der Waals surface area contributed by atoms with Crippen LogP contribution in [0.15, 0.2) is 30.5 Å². The number of aromatic nitrogens is 1. The largest absolute Gasteiger partial charge is 0.514 e. The number of nitrogens with zero attached hydrogens (tertiary/aromatic N) is 3. The van der Waals surface area contributed by atoms with Crippen LogP contribution in [0.3, 0.4) is 0 Å². The Morgan fingerprint density at radius 1 is 1.04 bits per heavy atom. The number of pyridine rings is 1. The summed E-state index contributed by atoms with van der Waals surface area (Å²) in [4.78, 5) is 59.0. The van der Waals surface area contributed by atoms with E-state index in [4.69, 9.17) is 40.0 Å². The Bertz CT molecular complexity index is 1430. The lowest BCUT2D eigenvalue weighted by molar-refractivity contribution is -0.790. The topological polar surface area (TPSA) is 207 Å². The summed E-state index contributed by atoms with van der Waals surface area (Å²) in [5, 5.41) is 19.3. The maximum absolute atomic E-state index is 12.9. The lowest BCUT2D eigenvalue weighted by atomic mass is 10.0.